The van der Waals surface area contributed by atoms with E-state index in [9.17, 15) is 20.4 Å². The quantitative estimate of drug-likeness (QED) is 0.190. The summed E-state index contributed by atoms with van der Waals surface area (Å²) in [6.07, 6.45) is 1.81. The normalized spacial score (nSPS) is 22.8. The van der Waals surface area contributed by atoms with Gasteiger partial charge in [-0.05, 0) is 24.3 Å². The number of terminal acetylenes is 1. The first kappa shape index (κ1) is 28.1. The highest BCUT2D eigenvalue weighted by atomic mass is 16.7. The van der Waals surface area contributed by atoms with E-state index < -0.39 is 37.3 Å². The standard InChI is InChI=1S/C27H30N2O8/c1-3-5-12-34-21-15-18(4-2)28-20(16-21)11-10-19-8-6-9-23(29-19)35-13-7-14-36-27-26(33)25(32)24(31)22(17-30)37-27/h2-3,6,8-9,15-16,22,24-27,30-33H,1,5,7,12-14,17H2/t22-,24-,25+,26-,27+/m1/s1. The molecular weight excluding hydrogens is 480 g/mol. The molecule has 2 aromatic rings. The van der Waals surface area contributed by atoms with Crippen LogP contribution in [0.4, 0.5) is 0 Å². The predicted molar refractivity (Wildman–Crippen MR) is 133 cm³/mol. The predicted octanol–water partition coefficient (Wildman–Crippen LogP) is 0.398. The summed E-state index contributed by atoms with van der Waals surface area (Å²) < 4.78 is 22.0. The van der Waals surface area contributed by atoms with Crippen LogP contribution in [0.1, 0.15) is 29.9 Å². The van der Waals surface area contributed by atoms with Gasteiger partial charge in [0.15, 0.2) is 6.29 Å². The van der Waals surface area contributed by atoms with E-state index in [2.05, 4.69) is 34.3 Å². The summed E-state index contributed by atoms with van der Waals surface area (Å²) >= 11 is 0. The average Bonchev–Trinajstić information content (AvgIpc) is 2.92. The van der Waals surface area contributed by atoms with Gasteiger partial charge in [0.25, 0.3) is 0 Å². The van der Waals surface area contributed by atoms with E-state index >= 15 is 0 Å². The number of aromatic nitrogens is 2. The van der Waals surface area contributed by atoms with Gasteiger partial charge < -0.3 is 39.4 Å². The average molecular weight is 511 g/mol. The number of aliphatic hydroxyl groups excluding tert-OH is 4. The van der Waals surface area contributed by atoms with E-state index in [1.807, 2.05) is 0 Å². The molecule has 0 spiro atoms. The lowest BCUT2D eigenvalue weighted by molar-refractivity contribution is -0.301. The summed E-state index contributed by atoms with van der Waals surface area (Å²) in [7, 11) is 0. The Morgan fingerprint density at radius 1 is 0.973 bits per heavy atom. The highest BCUT2D eigenvalue weighted by Crippen LogP contribution is 2.22. The first-order valence-electron chi connectivity index (χ1n) is 11.7. The summed E-state index contributed by atoms with van der Waals surface area (Å²) in [6.45, 7) is 4.00. The van der Waals surface area contributed by atoms with Crippen LogP contribution in [0.2, 0.25) is 0 Å². The molecule has 4 N–H and O–H groups in total. The zero-order valence-electron chi connectivity index (χ0n) is 20.2. The van der Waals surface area contributed by atoms with Crippen molar-refractivity contribution in [1.82, 2.24) is 9.97 Å². The molecule has 1 fully saturated rings. The third-order valence-electron chi connectivity index (χ3n) is 5.25. The molecular formula is C27H30N2O8. The largest absolute Gasteiger partial charge is 0.493 e. The first-order chi connectivity index (χ1) is 17.9. The lowest BCUT2D eigenvalue weighted by atomic mass is 9.99. The van der Waals surface area contributed by atoms with Crippen molar-refractivity contribution in [2.75, 3.05) is 26.4 Å². The highest BCUT2D eigenvalue weighted by Gasteiger charge is 2.43. The molecule has 0 aliphatic carbocycles. The van der Waals surface area contributed by atoms with Crippen LogP contribution in [-0.4, -0.2) is 87.5 Å². The van der Waals surface area contributed by atoms with Crippen LogP contribution >= 0.6 is 0 Å². The van der Waals surface area contributed by atoms with Crippen molar-refractivity contribution < 1.29 is 39.4 Å². The summed E-state index contributed by atoms with van der Waals surface area (Å²) in [5.41, 5.74) is 1.33. The minimum atomic E-state index is -1.49. The molecule has 0 radical (unpaired) electrons. The molecule has 1 aliphatic heterocycles. The second-order valence-electron chi connectivity index (χ2n) is 8.02. The smallest absolute Gasteiger partial charge is 0.214 e. The maximum atomic E-state index is 9.99. The maximum absolute atomic E-state index is 9.99. The number of nitrogens with zero attached hydrogens (tertiary/aromatic N) is 2. The Balaban J connectivity index is 1.51. The molecule has 0 aromatic carbocycles. The lowest BCUT2D eigenvalue weighted by Gasteiger charge is -2.39. The van der Waals surface area contributed by atoms with E-state index in [0.29, 0.717) is 48.2 Å². The number of pyridine rings is 2. The van der Waals surface area contributed by atoms with Crippen molar-refractivity contribution in [2.45, 2.75) is 43.5 Å². The Hall–Kier alpha value is -3.48. The van der Waals surface area contributed by atoms with Crippen LogP contribution in [0.25, 0.3) is 0 Å². The fourth-order valence-electron chi connectivity index (χ4n) is 3.32. The van der Waals surface area contributed by atoms with Crippen LogP contribution in [0.15, 0.2) is 43.0 Å². The van der Waals surface area contributed by atoms with Gasteiger partial charge in [0.1, 0.15) is 47.2 Å². The van der Waals surface area contributed by atoms with Gasteiger partial charge in [0, 0.05) is 24.6 Å². The van der Waals surface area contributed by atoms with Gasteiger partial charge in [-0.1, -0.05) is 18.1 Å². The van der Waals surface area contributed by atoms with Gasteiger partial charge in [-0.3, -0.25) is 0 Å². The highest BCUT2D eigenvalue weighted by molar-refractivity contribution is 5.43. The van der Waals surface area contributed by atoms with E-state index in [1.54, 1.807) is 36.4 Å². The van der Waals surface area contributed by atoms with Gasteiger partial charge in [-0.15, -0.1) is 13.0 Å². The first-order valence-corrected chi connectivity index (χ1v) is 11.7. The number of aliphatic hydroxyl groups is 4. The van der Waals surface area contributed by atoms with Crippen LogP contribution < -0.4 is 9.47 Å². The van der Waals surface area contributed by atoms with E-state index in [1.165, 1.54) is 0 Å². The van der Waals surface area contributed by atoms with Crippen molar-refractivity contribution in [3.8, 4) is 35.8 Å². The molecule has 0 unspecified atom stereocenters. The summed E-state index contributed by atoms with van der Waals surface area (Å²) in [6, 6.07) is 8.54. The fraction of sp³-hybridized carbons (Fsp3) is 0.407. The zero-order chi connectivity index (χ0) is 26.6. The SMILES string of the molecule is C#Cc1cc(OCCC=C)cc(C#Cc2cccc(OCCCO[C@H]3O[C@H](CO)[C@@H](O)[C@H](O)[C@H]3O)n2)n1. The number of hydrogen-bond acceptors (Lipinski definition) is 10. The molecule has 3 rings (SSSR count). The lowest BCUT2D eigenvalue weighted by Crippen LogP contribution is -2.59. The molecule has 196 valence electrons. The van der Waals surface area contributed by atoms with Crippen LogP contribution in [0, 0.1) is 24.2 Å². The van der Waals surface area contributed by atoms with Gasteiger partial charge in [0.05, 0.1) is 26.4 Å². The Kier molecular flexibility index (Phi) is 10.9. The number of rotatable bonds is 11. The van der Waals surface area contributed by atoms with Gasteiger partial charge in [0.2, 0.25) is 5.88 Å². The van der Waals surface area contributed by atoms with Crippen molar-refractivity contribution in [1.29, 1.82) is 0 Å². The van der Waals surface area contributed by atoms with E-state index in [-0.39, 0.29) is 13.2 Å². The van der Waals surface area contributed by atoms with Crippen molar-refractivity contribution in [3.05, 3.63) is 60.1 Å². The molecule has 1 aliphatic rings. The van der Waals surface area contributed by atoms with Crippen LogP contribution in [-0.2, 0) is 9.47 Å². The van der Waals surface area contributed by atoms with Gasteiger partial charge >= 0.3 is 0 Å². The Morgan fingerprint density at radius 2 is 1.76 bits per heavy atom. The molecule has 0 saturated carbocycles. The van der Waals surface area contributed by atoms with Crippen molar-refractivity contribution in [2.24, 2.45) is 0 Å². The third-order valence-corrected chi connectivity index (χ3v) is 5.25. The Morgan fingerprint density at radius 3 is 2.51 bits per heavy atom. The Bertz CT molecular complexity index is 1140. The zero-order valence-corrected chi connectivity index (χ0v) is 20.2. The topological polar surface area (TPSA) is 144 Å². The fourth-order valence-corrected chi connectivity index (χ4v) is 3.32. The molecule has 2 aromatic heterocycles. The number of ether oxygens (including phenoxy) is 4. The Labute approximate surface area is 215 Å². The van der Waals surface area contributed by atoms with E-state index in [0.717, 1.165) is 0 Å². The summed E-state index contributed by atoms with van der Waals surface area (Å²) in [4.78, 5) is 8.65. The molecule has 1 saturated heterocycles. The molecule has 0 amide bonds. The van der Waals surface area contributed by atoms with E-state index in [4.69, 9.17) is 25.4 Å². The van der Waals surface area contributed by atoms with Crippen molar-refractivity contribution in [3.63, 3.8) is 0 Å². The van der Waals surface area contributed by atoms with Gasteiger partial charge in [-0.2, -0.15) is 0 Å². The second kappa shape index (κ2) is 14.3. The monoisotopic (exact) mass is 510 g/mol. The summed E-state index contributed by atoms with van der Waals surface area (Å²) in [5.74, 6) is 9.30. The van der Waals surface area contributed by atoms with Crippen LogP contribution in [0.5, 0.6) is 11.6 Å². The molecule has 10 heteroatoms. The molecule has 5 atom stereocenters. The van der Waals surface area contributed by atoms with Crippen LogP contribution in [0.3, 0.4) is 0 Å². The van der Waals surface area contributed by atoms with Crippen molar-refractivity contribution >= 4 is 0 Å². The summed E-state index contributed by atoms with van der Waals surface area (Å²) in [5, 5.41) is 38.8. The number of hydrogen-bond donors (Lipinski definition) is 4. The minimum Gasteiger partial charge on any atom is -0.493 e. The second-order valence-corrected chi connectivity index (χ2v) is 8.02. The molecule has 37 heavy (non-hydrogen) atoms. The molecule has 0 bridgehead atoms. The minimum absolute atomic E-state index is 0.135. The molecule has 3 heterocycles. The van der Waals surface area contributed by atoms with Gasteiger partial charge in [-0.25, -0.2) is 9.97 Å². The molecule has 10 nitrogen and oxygen atoms in total. The third kappa shape index (κ3) is 8.27. The maximum Gasteiger partial charge on any atom is 0.214 e.